The molecule has 0 aliphatic rings. The van der Waals surface area contributed by atoms with Crippen LogP contribution in [-0.2, 0) is 6.61 Å². The lowest BCUT2D eigenvalue weighted by atomic mass is 10.2. The number of benzene rings is 1. The van der Waals surface area contributed by atoms with Crippen molar-refractivity contribution in [1.82, 2.24) is 5.43 Å². The number of hydrogen-bond acceptors (Lipinski definition) is 4. The number of carbonyl (C=O) groups is 1. The van der Waals surface area contributed by atoms with Gasteiger partial charge >= 0.3 is 5.91 Å². The first kappa shape index (κ1) is 14.9. The number of carbonyl (C=O) groups excluding carboxylic acids is 1. The number of hydrogen-bond donors (Lipinski definition) is 2. The average Bonchev–Trinajstić information content (AvgIpc) is 2.87. The Kier molecular flexibility index (Phi) is 4.79. The van der Waals surface area contributed by atoms with Crippen LogP contribution >= 0.6 is 0 Å². The van der Waals surface area contributed by atoms with Crippen molar-refractivity contribution in [2.24, 2.45) is 5.84 Å². The van der Waals surface area contributed by atoms with Gasteiger partial charge in [0.25, 0.3) is 0 Å². The van der Waals surface area contributed by atoms with Gasteiger partial charge in [-0.05, 0) is 26.0 Å². The van der Waals surface area contributed by atoms with Crippen LogP contribution in [-0.4, -0.2) is 5.91 Å². The number of hydrazine groups is 1. The number of nitrogen functional groups attached to an aromatic ring is 1. The van der Waals surface area contributed by atoms with Gasteiger partial charge in [0, 0.05) is 11.1 Å². The number of amides is 1. The molecule has 0 fully saturated rings. The number of furan rings is 1. The number of para-hydroxylation sites is 1. The Morgan fingerprint density at radius 3 is 2.90 bits per heavy atom. The van der Waals surface area contributed by atoms with Crippen molar-refractivity contribution in [3.63, 3.8) is 0 Å². The molecule has 3 N–H and O–H groups in total. The summed E-state index contributed by atoms with van der Waals surface area (Å²) in [5.41, 5.74) is 3.76. The van der Waals surface area contributed by atoms with Gasteiger partial charge in [0.05, 0.1) is 0 Å². The van der Waals surface area contributed by atoms with E-state index in [2.05, 4.69) is 5.43 Å². The second-order valence-electron chi connectivity index (χ2n) is 4.52. The summed E-state index contributed by atoms with van der Waals surface area (Å²) in [6.07, 6.45) is 3.92. The van der Waals surface area contributed by atoms with Gasteiger partial charge in [-0.3, -0.25) is 10.2 Å². The van der Waals surface area contributed by atoms with Gasteiger partial charge in [0.1, 0.15) is 18.1 Å². The highest BCUT2D eigenvalue weighted by Crippen LogP contribution is 2.22. The number of rotatable bonds is 5. The lowest BCUT2D eigenvalue weighted by Crippen LogP contribution is -2.30. The number of allylic oxidation sites excluding steroid dienone is 1. The summed E-state index contributed by atoms with van der Waals surface area (Å²) >= 11 is 0. The van der Waals surface area contributed by atoms with Gasteiger partial charge in [-0.1, -0.05) is 30.4 Å². The summed E-state index contributed by atoms with van der Waals surface area (Å²) in [4.78, 5) is 11.5. The monoisotopic (exact) mass is 286 g/mol. The predicted molar refractivity (Wildman–Crippen MR) is 80.6 cm³/mol. The van der Waals surface area contributed by atoms with E-state index in [9.17, 15) is 4.79 Å². The molecule has 21 heavy (non-hydrogen) atoms. The lowest BCUT2D eigenvalue weighted by Gasteiger charge is -2.07. The Morgan fingerprint density at radius 2 is 2.19 bits per heavy atom. The van der Waals surface area contributed by atoms with Crippen LogP contribution < -0.4 is 16.0 Å². The highest BCUT2D eigenvalue weighted by molar-refractivity contribution is 5.92. The Bertz CT molecular complexity index is 659. The molecule has 110 valence electrons. The van der Waals surface area contributed by atoms with Gasteiger partial charge < -0.3 is 9.15 Å². The largest absolute Gasteiger partial charge is 0.485 e. The number of nitrogens with two attached hydrogens (primary N) is 1. The number of aryl methyl sites for hydroxylation is 1. The van der Waals surface area contributed by atoms with Crippen molar-refractivity contribution in [3.8, 4) is 5.75 Å². The van der Waals surface area contributed by atoms with E-state index in [-0.39, 0.29) is 12.4 Å². The van der Waals surface area contributed by atoms with E-state index >= 15 is 0 Å². The minimum Gasteiger partial charge on any atom is -0.485 e. The maximum Gasteiger partial charge on any atom is 0.301 e. The predicted octanol–water partition coefficient (Wildman–Crippen LogP) is 2.80. The fourth-order valence-electron chi connectivity index (χ4n) is 1.99. The SMILES string of the molecule is CC=Cc1ccccc1OCc1cc(C)c(C(=O)NN)o1. The lowest BCUT2D eigenvalue weighted by molar-refractivity contribution is 0.0921. The van der Waals surface area contributed by atoms with Gasteiger partial charge in [-0.15, -0.1) is 0 Å². The molecule has 0 spiro atoms. The summed E-state index contributed by atoms with van der Waals surface area (Å²) in [6, 6.07) is 9.48. The molecule has 2 aromatic rings. The molecule has 1 amide bonds. The molecule has 1 heterocycles. The van der Waals surface area contributed by atoms with E-state index in [4.69, 9.17) is 15.0 Å². The molecule has 0 radical (unpaired) electrons. The fraction of sp³-hybridized carbons (Fsp3) is 0.188. The maximum atomic E-state index is 11.5. The van der Waals surface area contributed by atoms with Crippen molar-refractivity contribution < 1.29 is 13.9 Å². The third-order valence-corrected chi connectivity index (χ3v) is 2.94. The Balaban J connectivity index is 2.12. The third-order valence-electron chi connectivity index (χ3n) is 2.94. The van der Waals surface area contributed by atoms with E-state index in [0.717, 1.165) is 16.9 Å². The second kappa shape index (κ2) is 6.76. The van der Waals surface area contributed by atoms with Crippen LogP contribution in [0.5, 0.6) is 5.75 Å². The van der Waals surface area contributed by atoms with Crippen LogP contribution in [0.2, 0.25) is 0 Å². The first-order valence-corrected chi connectivity index (χ1v) is 6.60. The second-order valence-corrected chi connectivity index (χ2v) is 4.52. The standard InChI is InChI=1S/C16H18N2O3/c1-3-6-12-7-4-5-8-14(12)20-10-13-9-11(2)15(21-13)16(19)18-17/h3-9H,10,17H2,1-2H3,(H,18,19). The topological polar surface area (TPSA) is 77.5 Å². The zero-order valence-corrected chi connectivity index (χ0v) is 12.1. The highest BCUT2D eigenvalue weighted by atomic mass is 16.5. The molecule has 0 unspecified atom stereocenters. The minimum absolute atomic E-state index is 0.206. The third kappa shape index (κ3) is 3.52. The molecular weight excluding hydrogens is 268 g/mol. The van der Waals surface area contributed by atoms with E-state index in [1.54, 1.807) is 13.0 Å². The van der Waals surface area contributed by atoms with E-state index in [1.807, 2.05) is 43.3 Å². The molecule has 2 rings (SSSR count). The van der Waals surface area contributed by atoms with Gasteiger partial charge in [0.15, 0.2) is 5.76 Å². The van der Waals surface area contributed by atoms with Gasteiger partial charge in [0.2, 0.25) is 0 Å². The van der Waals surface area contributed by atoms with Crippen molar-refractivity contribution in [2.75, 3.05) is 0 Å². The molecular formula is C16H18N2O3. The first-order valence-electron chi connectivity index (χ1n) is 6.60. The van der Waals surface area contributed by atoms with Crippen molar-refractivity contribution >= 4 is 12.0 Å². The van der Waals surface area contributed by atoms with E-state index < -0.39 is 5.91 Å². The normalized spacial score (nSPS) is 10.8. The molecule has 1 aromatic carbocycles. The molecule has 0 bridgehead atoms. The molecule has 5 heteroatoms. The van der Waals surface area contributed by atoms with Crippen LogP contribution in [0.15, 0.2) is 40.8 Å². The van der Waals surface area contributed by atoms with E-state index in [1.165, 1.54) is 0 Å². The van der Waals surface area contributed by atoms with Crippen LogP contribution in [0.3, 0.4) is 0 Å². The van der Waals surface area contributed by atoms with Crippen LogP contribution in [0.4, 0.5) is 0 Å². The zero-order valence-electron chi connectivity index (χ0n) is 12.1. The van der Waals surface area contributed by atoms with Crippen LogP contribution in [0.25, 0.3) is 6.08 Å². The summed E-state index contributed by atoms with van der Waals surface area (Å²) < 4.78 is 11.2. The fourth-order valence-corrected chi connectivity index (χ4v) is 1.99. The molecule has 1 aromatic heterocycles. The molecule has 0 aliphatic heterocycles. The Morgan fingerprint density at radius 1 is 1.43 bits per heavy atom. The molecule has 0 aliphatic carbocycles. The van der Waals surface area contributed by atoms with Crippen LogP contribution in [0, 0.1) is 6.92 Å². The van der Waals surface area contributed by atoms with Crippen molar-refractivity contribution in [3.05, 3.63) is 59.1 Å². The van der Waals surface area contributed by atoms with E-state index in [0.29, 0.717) is 5.76 Å². The van der Waals surface area contributed by atoms with Crippen molar-refractivity contribution in [2.45, 2.75) is 20.5 Å². The van der Waals surface area contributed by atoms with Gasteiger partial charge in [-0.25, -0.2) is 5.84 Å². The first-order chi connectivity index (χ1) is 10.2. The quantitative estimate of drug-likeness (QED) is 0.503. The zero-order chi connectivity index (χ0) is 15.2. The summed E-state index contributed by atoms with van der Waals surface area (Å²) in [5, 5.41) is 0. The molecule has 5 nitrogen and oxygen atoms in total. The number of ether oxygens (including phenoxy) is 1. The Labute approximate surface area is 123 Å². The summed E-state index contributed by atoms with van der Waals surface area (Å²) in [6.45, 7) is 3.98. The van der Waals surface area contributed by atoms with Gasteiger partial charge in [-0.2, -0.15) is 0 Å². The average molecular weight is 286 g/mol. The van der Waals surface area contributed by atoms with Crippen LogP contribution in [0.1, 0.15) is 34.4 Å². The summed E-state index contributed by atoms with van der Waals surface area (Å²) in [5.74, 6) is 6.19. The smallest absolute Gasteiger partial charge is 0.301 e. The summed E-state index contributed by atoms with van der Waals surface area (Å²) in [7, 11) is 0. The Hall–Kier alpha value is -2.53. The maximum absolute atomic E-state index is 11.5. The highest BCUT2D eigenvalue weighted by Gasteiger charge is 2.15. The molecule has 0 saturated heterocycles. The number of nitrogens with one attached hydrogen (secondary N) is 1. The molecule has 0 saturated carbocycles. The van der Waals surface area contributed by atoms with Crippen molar-refractivity contribution in [1.29, 1.82) is 0 Å². The molecule has 0 atom stereocenters. The minimum atomic E-state index is -0.451.